The number of hydrogen-bond acceptors (Lipinski definition) is 5. The molecule has 0 unspecified atom stereocenters. The summed E-state index contributed by atoms with van der Waals surface area (Å²) >= 11 is 1.66. The van der Waals surface area contributed by atoms with Gasteiger partial charge in [-0.2, -0.15) is 0 Å². The van der Waals surface area contributed by atoms with Crippen LogP contribution >= 0.6 is 11.3 Å². The van der Waals surface area contributed by atoms with E-state index in [9.17, 15) is 4.79 Å². The van der Waals surface area contributed by atoms with E-state index < -0.39 is 0 Å². The molecule has 1 amide bonds. The van der Waals surface area contributed by atoms with Crippen molar-refractivity contribution in [2.45, 2.75) is 32.7 Å². The van der Waals surface area contributed by atoms with E-state index in [1.165, 1.54) is 5.56 Å². The summed E-state index contributed by atoms with van der Waals surface area (Å²) in [4.78, 5) is 21.8. The van der Waals surface area contributed by atoms with Crippen molar-refractivity contribution in [1.29, 1.82) is 0 Å². The molecule has 0 aliphatic carbocycles. The van der Waals surface area contributed by atoms with E-state index in [1.807, 2.05) is 34.5 Å². The Morgan fingerprint density at radius 1 is 1.10 bits per heavy atom. The molecule has 1 aromatic carbocycles. The summed E-state index contributed by atoms with van der Waals surface area (Å²) in [5.41, 5.74) is 3.01. The van der Waals surface area contributed by atoms with Crippen LogP contribution < -0.4 is 0 Å². The third kappa shape index (κ3) is 4.60. The van der Waals surface area contributed by atoms with Crippen molar-refractivity contribution in [2.24, 2.45) is 0 Å². The van der Waals surface area contributed by atoms with Gasteiger partial charge in [-0.1, -0.05) is 32.9 Å². The molecule has 1 fully saturated rings. The van der Waals surface area contributed by atoms with E-state index in [-0.39, 0.29) is 11.3 Å². The van der Waals surface area contributed by atoms with Gasteiger partial charge in [-0.25, -0.2) is 4.98 Å². The minimum absolute atomic E-state index is 0.0971. The largest absolute Gasteiger partial charge is 0.463 e. The predicted molar refractivity (Wildman–Crippen MR) is 116 cm³/mol. The average Bonchev–Trinajstić information content (AvgIpc) is 3.39. The molecule has 6 heteroatoms. The minimum Gasteiger partial charge on any atom is -0.463 e. The summed E-state index contributed by atoms with van der Waals surface area (Å²) in [5.74, 6) is 0.930. The first-order valence-corrected chi connectivity index (χ1v) is 10.9. The van der Waals surface area contributed by atoms with E-state index in [1.54, 1.807) is 17.6 Å². The molecule has 2 aromatic heterocycles. The standard InChI is InChI=1S/C23H27N3O2S/c1-23(2,3)18-8-6-17(7-9-18)22(27)26-12-10-25(11-13-26)15-21-24-19(16-29-21)20-5-4-14-28-20/h4-9,14,16H,10-13,15H2,1-3H3. The van der Waals surface area contributed by atoms with Gasteiger partial charge in [0.15, 0.2) is 5.76 Å². The van der Waals surface area contributed by atoms with Crippen molar-refractivity contribution in [3.8, 4) is 11.5 Å². The number of amides is 1. The summed E-state index contributed by atoms with van der Waals surface area (Å²) in [5, 5.41) is 3.11. The van der Waals surface area contributed by atoms with Gasteiger partial charge in [-0.05, 0) is 35.2 Å². The van der Waals surface area contributed by atoms with Crippen LogP contribution in [0.15, 0.2) is 52.5 Å². The fourth-order valence-corrected chi connectivity index (χ4v) is 4.34. The molecule has 4 rings (SSSR count). The van der Waals surface area contributed by atoms with Gasteiger partial charge in [0.05, 0.1) is 12.8 Å². The Labute approximate surface area is 176 Å². The Morgan fingerprint density at radius 3 is 2.45 bits per heavy atom. The molecule has 1 aliphatic heterocycles. The van der Waals surface area contributed by atoms with Crippen molar-refractivity contribution < 1.29 is 9.21 Å². The first kappa shape index (κ1) is 19.9. The first-order chi connectivity index (χ1) is 13.9. The number of hydrogen-bond donors (Lipinski definition) is 0. The smallest absolute Gasteiger partial charge is 0.253 e. The molecular weight excluding hydrogens is 382 g/mol. The predicted octanol–water partition coefficient (Wildman–Crippen LogP) is 4.66. The van der Waals surface area contributed by atoms with E-state index in [0.29, 0.717) is 0 Å². The Balaban J connectivity index is 1.31. The van der Waals surface area contributed by atoms with Gasteiger partial charge >= 0.3 is 0 Å². The SMILES string of the molecule is CC(C)(C)c1ccc(C(=O)N2CCN(Cc3nc(-c4ccco4)cs3)CC2)cc1. The lowest BCUT2D eigenvalue weighted by Gasteiger charge is -2.34. The van der Waals surface area contributed by atoms with Gasteiger partial charge in [0.25, 0.3) is 5.91 Å². The molecule has 152 valence electrons. The van der Waals surface area contributed by atoms with Gasteiger partial charge in [0.2, 0.25) is 0 Å². The number of benzene rings is 1. The number of carbonyl (C=O) groups excluding carboxylic acids is 1. The van der Waals surface area contributed by atoms with E-state index in [4.69, 9.17) is 4.42 Å². The normalized spacial score (nSPS) is 15.6. The molecule has 1 saturated heterocycles. The van der Waals surface area contributed by atoms with Gasteiger partial charge in [-0.15, -0.1) is 11.3 Å². The summed E-state index contributed by atoms with van der Waals surface area (Å²) in [6.45, 7) is 10.6. The van der Waals surface area contributed by atoms with Gasteiger partial charge in [0, 0.05) is 37.1 Å². The van der Waals surface area contributed by atoms with E-state index in [2.05, 4.69) is 42.8 Å². The highest BCUT2D eigenvalue weighted by atomic mass is 32.1. The highest BCUT2D eigenvalue weighted by Crippen LogP contribution is 2.24. The number of nitrogens with zero attached hydrogens (tertiary/aromatic N) is 3. The summed E-state index contributed by atoms with van der Waals surface area (Å²) in [6.07, 6.45) is 1.67. The number of thiazole rings is 1. The Bertz CT molecular complexity index is 947. The molecule has 3 heterocycles. The van der Waals surface area contributed by atoms with Crippen LogP contribution in [0.1, 0.15) is 41.7 Å². The fraction of sp³-hybridized carbons (Fsp3) is 0.391. The van der Waals surface area contributed by atoms with Crippen molar-refractivity contribution in [3.63, 3.8) is 0 Å². The molecule has 0 bridgehead atoms. The Kier molecular flexibility index (Phi) is 5.56. The van der Waals surface area contributed by atoms with Gasteiger partial charge in [0.1, 0.15) is 10.7 Å². The maximum Gasteiger partial charge on any atom is 0.253 e. The summed E-state index contributed by atoms with van der Waals surface area (Å²) in [7, 11) is 0. The van der Waals surface area contributed by atoms with Crippen LogP contribution in [0.2, 0.25) is 0 Å². The van der Waals surface area contributed by atoms with Crippen LogP contribution in [-0.2, 0) is 12.0 Å². The third-order valence-corrected chi connectivity index (χ3v) is 6.18. The average molecular weight is 410 g/mol. The second-order valence-electron chi connectivity index (χ2n) is 8.50. The summed E-state index contributed by atoms with van der Waals surface area (Å²) < 4.78 is 5.42. The fourth-order valence-electron chi connectivity index (χ4n) is 3.52. The highest BCUT2D eigenvalue weighted by Gasteiger charge is 2.23. The number of furan rings is 1. The van der Waals surface area contributed by atoms with Crippen molar-refractivity contribution >= 4 is 17.2 Å². The van der Waals surface area contributed by atoms with Crippen LogP contribution in [0.25, 0.3) is 11.5 Å². The molecule has 0 radical (unpaired) electrons. The lowest BCUT2D eigenvalue weighted by Crippen LogP contribution is -2.48. The molecule has 1 aliphatic rings. The molecule has 3 aromatic rings. The monoisotopic (exact) mass is 409 g/mol. The Hall–Kier alpha value is -2.44. The lowest BCUT2D eigenvalue weighted by atomic mass is 9.86. The Morgan fingerprint density at radius 2 is 1.83 bits per heavy atom. The molecule has 0 spiro atoms. The second-order valence-corrected chi connectivity index (χ2v) is 9.44. The zero-order valence-corrected chi connectivity index (χ0v) is 18.0. The van der Waals surface area contributed by atoms with Crippen LogP contribution in [0.5, 0.6) is 0 Å². The molecule has 5 nitrogen and oxygen atoms in total. The van der Waals surface area contributed by atoms with E-state index >= 15 is 0 Å². The zero-order valence-electron chi connectivity index (χ0n) is 17.2. The van der Waals surface area contributed by atoms with Gasteiger partial charge in [-0.3, -0.25) is 9.69 Å². The van der Waals surface area contributed by atoms with Crippen molar-refractivity contribution in [3.05, 3.63) is 64.2 Å². The van der Waals surface area contributed by atoms with Crippen molar-refractivity contribution in [1.82, 2.24) is 14.8 Å². The second kappa shape index (κ2) is 8.13. The van der Waals surface area contributed by atoms with Crippen molar-refractivity contribution in [2.75, 3.05) is 26.2 Å². The minimum atomic E-state index is 0.0971. The van der Waals surface area contributed by atoms with Crippen LogP contribution in [0.3, 0.4) is 0 Å². The molecule has 29 heavy (non-hydrogen) atoms. The number of aromatic nitrogens is 1. The maximum atomic E-state index is 12.8. The van der Waals surface area contributed by atoms with Gasteiger partial charge < -0.3 is 9.32 Å². The maximum absolute atomic E-state index is 12.8. The summed E-state index contributed by atoms with van der Waals surface area (Å²) in [6, 6.07) is 11.9. The van der Waals surface area contributed by atoms with Crippen LogP contribution in [0, 0.1) is 0 Å². The van der Waals surface area contributed by atoms with E-state index in [0.717, 1.165) is 54.7 Å². The number of rotatable bonds is 4. The van der Waals surface area contributed by atoms with Crippen LogP contribution in [-0.4, -0.2) is 46.9 Å². The quantitative estimate of drug-likeness (QED) is 0.629. The third-order valence-electron chi connectivity index (χ3n) is 5.34. The lowest BCUT2D eigenvalue weighted by molar-refractivity contribution is 0.0628. The molecule has 0 N–H and O–H groups in total. The zero-order chi connectivity index (χ0) is 20.4. The topological polar surface area (TPSA) is 49.6 Å². The first-order valence-electron chi connectivity index (χ1n) is 10.0. The van der Waals surface area contributed by atoms with Crippen LogP contribution in [0.4, 0.5) is 0 Å². The number of piperazine rings is 1. The molecule has 0 atom stereocenters. The molecule has 0 saturated carbocycles. The highest BCUT2D eigenvalue weighted by molar-refractivity contribution is 7.09. The number of carbonyl (C=O) groups is 1. The molecular formula is C23H27N3O2S.